The summed E-state index contributed by atoms with van der Waals surface area (Å²) in [5.41, 5.74) is 5.37. The first-order valence-electron chi connectivity index (χ1n) is 10.5. The molecule has 0 heterocycles. The Bertz CT molecular complexity index is 1060. The van der Waals surface area contributed by atoms with Gasteiger partial charge in [0.2, 0.25) is 0 Å². The second-order valence-corrected chi connectivity index (χ2v) is 7.37. The molecular formula is C26H26N2O5. The van der Waals surface area contributed by atoms with Crippen molar-refractivity contribution in [2.45, 2.75) is 20.0 Å². The van der Waals surface area contributed by atoms with Crippen LogP contribution in [0.3, 0.4) is 0 Å². The van der Waals surface area contributed by atoms with Crippen LogP contribution in [0.1, 0.15) is 19.4 Å². The van der Waals surface area contributed by atoms with Gasteiger partial charge in [0.05, 0.1) is 12.3 Å². The van der Waals surface area contributed by atoms with Crippen LogP contribution in [0.5, 0.6) is 11.5 Å². The van der Waals surface area contributed by atoms with Crippen molar-refractivity contribution in [1.29, 1.82) is 0 Å². The molecule has 0 bridgehead atoms. The van der Waals surface area contributed by atoms with Crippen molar-refractivity contribution >= 4 is 18.1 Å². The van der Waals surface area contributed by atoms with Gasteiger partial charge in [-0.3, -0.25) is 4.79 Å². The molecule has 0 spiro atoms. The Labute approximate surface area is 193 Å². The summed E-state index contributed by atoms with van der Waals surface area (Å²) in [7, 11) is 0. The first-order chi connectivity index (χ1) is 16.0. The molecule has 1 N–H and O–H groups in total. The highest BCUT2D eigenvalue weighted by atomic mass is 16.6. The van der Waals surface area contributed by atoms with E-state index in [4.69, 9.17) is 14.2 Å². The third-order valence-corrected chi connectivity index (χ3v) is 4.34. The predicted octanol–water partition coefficient (Wildman–Crippen LogP) is 4.21. The number of ether oxygens (including phenoxy) is 3. The highest BCUT2D eigenvalue weighted by Crippen LogP contribution is 2.22. The van der Waals surface area contributed by atoms with E-state index in [1.165, 1.54) is 6.21 Å². The fourth-order valence-corrected chi connectivity index (χ4v) is 2.82. The van der Waals surface area contributed by atoms with E-state index < -0.39 is 5.97 Å². The number of esters is 1. The zero-order chi connectivity index (χ0) is 23.5. The van der Waals surface area contributed by atoms with Gasteiger partial charge in [-0.05, 0) is 66.9 Å². The average molecular weight is 447 g/mol. The van der Waals surface area contributed by atoms with Gasteiger partial charge in [-0.1, -0.05) is 42.5 Å². The Kier molecular flexibility index (Phi) is 8.59. The van der Waals surface area contributed by atoms with Crippen LogP contribution in [-0.2, 0) is 14.3 Å². The molecule has 7 nitrogen and oxygen atoms in total. The SMILES string of the molecule is CC(C)OC(=O)COc1ccc(/C=N/NC(=O)COc2ccc(-c3ccccc3)cc2)cc1. The van der Waals surface area contributed by atoms with Gasteiger partial charge in [0.15, 0.2) is 13.2 Å². The molecule has 0 atom stereocenters. The van der Waals surface area contributed by atoms with Crippen LogP contribution in [0, 0.1) is 0 Å². The highest BCUT2D eigenvalue weighted by molar-refractivity contribution is 5.83. The molecule has 0 fully saturated rings. The number of benzene rings is 3. The van der Waals surface area contributed by atoms with E-state index in [9.17, 15) is 9.59 Å². The maximum absolute atomic E-state index is 12.0. The zero-order valence-electron chi connectivity index (χ0n) is 18.6. The summed E-state index contributed by atoms with van der Waals surface area (Å²) >= 11 is 0. The van der Waals surface area contributed by atoms with Crippen molar-refractivity contribution < 1.29 is 23.8 Å². The van der Waals surface area contributed by atoms with E-state index in [1.54, 1.807) is 38.1 Å². The molecule has 0 aliphatic heterocycles. The van der Waals surface area contributed by atoms with Crippen molar-refractivity contribution in [2.24, 2.45) is 5.10 Å². The minimum atomic E-state index is -0.423. The van der Waals surface area contributed by atoms with Crippen molar-refractivity contribution in [3.8, 4) is 22.6 Å². The first kappa shape index (κ1) is 23.5. The van der Waals surface area contributed by atoms with Gasteiger partial charge in [0, 0.05) is 0 Å². The van der Waals surface area contributed by atoms with Crippen LogP contribution in [0.2, 0.25) is 0 Å². The molecule has 33 heavy (non-hydrogen) atoms. The number of amides is 1. The summed E-state index contributed by atoms with van der Waals surface area (Å²) in [6, 6.07) is 24.5. The Morgan fingerprint density at radius 2 is 1.39 bits per heavy atom. The Morgan fingerprint density at radius 1 is 0.818 bits per heavy atom. The smallest absolute Gasteiger partial charge is 0.344 e. The lowest BCUT2D eigenvalue weighted by atomic mass is 10.1. The summed E-state index contributed by atoms with van der Waals surface area (Å²) in [6.45, 7) is 3.25. The van der Waals surface area contributed by atoms with Crippen molar-refractivity contribution in [3.05, 3.63) is 84.4 Å². The Balaban J connectivity index is 1.39. The number of carbonyl (C=O) groups is 2. The Hall–Kier alpha value is -4.13. The third kappa shape index (κ3) is 8.14. The summed E-state index contributed by atoms with van der Waals surface area (Å²) in [5.74, 6) is 0.333. The van der Waals surface area contributed by atoms with Crippen LogP contribution in [-0.4, -0.2) is 37.4 Å². The minimum Gasteiger partial charge on any atom is -0.484 e. The molecule has 3 aromatic carbocycles. The number of rotatable bonds is 10. The molecule has 0 aliphatic rings. The summed E-state index contributed by atoms with van der Waals surface area (Å²) in [6.07, 6.45) is 1.32. The molecule has 3 aromatic rings. The fourth-order valence-electron chi connectivity index (χ4n) is 2.82. The standard InChI is InChI=1S/C26H26N2O5/c1-19(2)33-26(30)18-32-23-12-8-20(9-13-23)16-27-28-25(29)17-31-24-14-10-22(11-15-24)21-6-4-3-5-7-21/h3-16,19H,17-18H2,1-2H3,(H,28,29)/b27-16+. The lowest BCUT2D eigenvalue weighted by Gasteiger charge is -2.09. The van der Waals surface area contributed by atoms with Gasteiger partial charge in [-0.2, -0.15) is 5.10 Å². The number of hydrogen-bond donors (Lipinski definition) is 1. The molecule has 0 aromatic heterocycles. The van der Waals surface area contributed by atoms with E-state index in [0.29, 0.717) is 11.5 Å². The summed E-state index contributed by atoms with van der Waals surface area (Å²) < 4.78 is 15.9. The van der Waals surface area contributed by atoms with E-state index in [2.05, 4.69) is 10.5 Å². The highest BCUT2D eigenvalue weighted by Gasteiger charge is 2.06. The number of carbonyl (C=O) groups excluding carboxylic acids is 2. The van der Waals surface area contributed by atoms with Gasteiger partial charge in [-0.25, -0.2) is 10.2 Å². The summed E-state index contributed by atoms with van der Waals surface area (Å²) in [4.78, 5) is 23.5. The molecule has 0 saturated heterocycles. The summed E-state index contributed by atoms with van der Waals surface area (Å²) in [5, 5.41) is 3.92. The lowest BCUT2D eigenvalue weighted by Crippen LogP contribution is -2.24. The maximum atomic E-state index is 12.0. The largest absolute Gasteiger partial charge is 0.484 e. The topological polar surface area (TPSA) is 86.2 Å². The van der Waals surface area contributed by atoms with Crippen LogP contribution < -0.4 is 14.9 Å². The van der Waals surface area contributed by atoms with E-state index in [1.807, 2.05) is 54.6 Å². The van der Waals surface area contributed by atoms with E-state index >= 15 is 0 Å². The molecule has 0 unspecified atom stereocenters. The molecule has 3 rings (SSSR count). The van der Waals surface area contributed by atoms with Gasteiger partial charge in [0.1, 0.15) is 11.5 Å². The number of hydrogen-bond acceptors (Lipinski definition) is 6. The molecule has 0 radical (unpaired) electrons. The molecule has 7 heteroatoms. The van der Waals surface area contributed by atoms with Crippen molar-refractivity contribution in [3.63, 3.8) is 0 Å². The average Bonchev–Trinajstić information content (AvgIpc) is 2.83. The Morgan fingerprint density at radius 3 is 2.03 bits per heavy atom. The molecule has 170 valence electrons. The predicted molar refractivity (Wildman–Crippen MR) is 126 cm³/mol. The van der Waals surface area contributed by atoms with Crippen molar-refractivity contribution in [2.75, 3.05) is 13.2 Å². The number of hydrazone groups is 1. The van der Waals surface area contributed by atoms with Gasteiger partial charge in [-0.15, -0.1) is 0 Å². The molecule has 1 amide bonds. The van der Waals surface area contributed by atoms with Crippen molar-refractivity contribution in [1.82, 2.24) is 5.43 Å². The molecular weight excluding hydrogens is 420 g/mol. The van der Waals surface area contributed by atoms with E-state index in [-0.39, 0.29) is 25.2 Å². The fraction of sp³-hybridized carbons (Fsp3) is 0.192. The van der Waals surface area contributed by atoms with Gasteiger partial charge >= 0.3 is 5.97 Å². The lowest BCUT2D eigenvalue weighted by molar-refractivity contribution is -0.149. The van der Waals surface area contributed by atoms with Crippen LogP contribution in [0.25, 0.3) is 11.1 Å². The first-order valence-corrected chi connectivity index (χ1v) is 10.5. The maximum Gasteiger partial charge on any atom is 0.344 e. The number of nitrogens with zero attached hydrogens (tertiary/aromatic N) is 1. The normalized spacial score (nSPS) is 10.8. The van der Waals surface area contributed by atoms with E-state index in [0.717, 1.165) is 16.7 Å². The second-order valence-electron chi connectivity index (χ2n) is 7.37. The quantitative estimate of drug-likeness (QED) is 0.286. The minimum absolute atomic E-state index is 0.152. The van der Waals surface area contributed by atoms with Crippen LogP contribution >= 0.6 is 0 Å². The zero-order valence-corrected chi connectivity index (χ0v) is 18.6. The van der Waals surface area contributed by atoms with Gasteiger partial charge < -0.3 is 14.2 Å². The van der Waals surface area contributed by atoms with Gasteiger partial charge in [0.25, 0.3) is 5.91 Å². The molecule has 0 saturated carbocycles. The van der Waals surface area contributed by atoms with Crippen LogP contribution in [0.4, 0.5) is 0 Å². The monoisotopic (exact) mass is 446 g/mol. The second kappa shape index (κ2) is 12.0. The third-order valence-electron chi connectivity index (χ3n) is 4.34. The van der Waals surface area contributed by atoms with Crippen LogP contribution in [0.15, 0.2) is 84.0 Å². The number of nitrogens with one attached hydrogen (secondary N) is 1. The molecule has 0 aliphatic carbocycles.